The van der Waals surface area contributed by atoms with E-state index in [0.717, 1.165) is 24.9 Å². The molecule has 1 fully saturated rings. The van der Waals surface area contributed by atoms with E-state index in [4.69, 9.17) is 0 Å². The number of pyridine rings is 1. The van der Waals surface area contributed by atoms with Gasteiger partial charge in [-0.15, -0.1) is 0 Å². The zero-order chi connectivity index (χ0) is 17.2. The van der Waals surface area contributed by atoms with Gasteiger partial charge in [-0.3, -0.25) is 9.88 Å². The highest BCUT2D eigenvalue weighted by Gasteiger charge is 2.27. The van der Waals surface area contributed by atoms with Gasteiger partial charge in [0.2, 0.25) is 0 Å². The van der Waals surface area contributed by atoms with Gasteiger partial charge in [0.1, 0.15) is 0 Å². The number of hydrogen-bond acceptors (Lipinski definition) is 5. The van der Waals surface area contributed by atoms with Crippen molar-refractivity contribution in [2.45, 2.75) is 29.9 Å². The van der Waals surface area contributed by atoms with Crippen LogP contribution in [-0.2, 0) is 9.84 Å². The Balaban J connectivity index is 1.71. The quantitative estimate of drug-likeness (QED) is 0.900. The molecule has 2 atom stereocenters. The predicted molar refractivity (Wildman–Crippen MR) is 92.3 cm³/mol. The normalized spacial score (nSPS) is 20.2. The fourth-order valence-electron chi connectivity index (χ4n) is 3.27. The largest absolute Gasteiger partial charge is 0.387 e. The molecule has 2 heterocycles. The summed E-state index contributed by atoms with van der Waals surface area (Å²) in [5, 5.41) is 10.5. The predicted octanol–water partition coefficient (Wildman–Crippen LogP) is 2.36. The molecular formula is C18H22N2O3S. The van der Waals surface area contributed by atoms with Crippen molar-refractivity contribution in [3.8, 4) is 0 Å². The van der Waals surface area contributed by atoms with Gasteiger partial charge < -0.3 is 5.11 Å². The van der Waals surface area contributed by atoms with Crippen molar-refractivity contribution in [2.24, 2.45) is 0 Å². The first-order valence-corrected chi connectivity index (χ1v) is 9.96. The summed E-state index contributed by atoms with van der Waals surface area (Å²) in [6, 6.07) is 10.8. The number of aliphatic hydroxyl groups excluding tert-OH is 1. The Morgan fingerprint density at radius 1 is 1.21 bits per heavy atom. The number of aliphatic hydroxyl groups is 1. The van der Waals surface area contributed by atoms with Gasteiger partial charge in [-0.05, 0) is 54.8 Å². The molecule has 1 N–H and O–H groups in total. The fraction of sp³-hybridized carbons (Fsp3) is 0.389. The minimum Gasteiger partial charge on any atom is -0.387 e. The smallest absolute Gasteiger partial charge is 0.175 e. The molecule has 5 nitrogen and oxygen atoms in total. The first kappa shape index (κ1) is 17.1. The van der Waals surface area contributed by atoms with E-state index in [1.807, 2.05) is 12.1 Å². The van der Waals surface area contributed by atoms with E-state index >= 15 is 0 Å². The maximum absolute atomic E-state index is 11.5. The summed E-state index contributed by atoms with van der Waals surface area (Å²) >= 11 is 0. The van der Waals surface area contributed by atoms with Crippen LogP contribution < -0.4 is 0 Å². The van der Waals surface area contributed by atoms with Gasteiger partial charge in [0.15, 0.2) is 9.84 Å². The molecule has 0 aliphatic carbocycles. The van der Waals surface area contributed by atoms with Crippen LogP contribution in [-0.4, -0.2) is 42.8 Å². The second-order valence-electron chi connectivity index (χ2n) is 6.29. The average molecular weight is 346 g/mol. The summed E-state index contributed by atoms with van der Waals surface area (Å²) in [4.78, 5) is 6.62. The van der Waals surface area contributed by atoms with Gasteiger partial charge in [-0.1, -0.05) is 12.1 Å². The molecule has 1 aromatic heterocycles. The van der Waals surface area contributed by atoms with Crippen molar-refractivity contribution >= 4 is 9.84 Å². The summed E-state index contributed by atoms with van der Waals surface area (Å²) in [5.41, 5.74) is 1.96. The molecule has 2 aromatic rings. The fourth-order valence-corrected chi connectivity index (χ4v) is 3.90. The molecule has 6 heteroatoms. The molecule has 1 aromatic carbocycles. The molecule has 0 bridgehead atoms. The van der Waals surface area contributed by atoms with Crippen molar-refractivity contribution in [1.29, 1.82) is 0 Å². The van der Waals surface area contributed by atoms with Crippen LogP contribution in [0.2, 0.25) is 0 Å². The van der Waals surface area contributed by atoms with Crippen LogP contribution in [0.5, 0.6) is 0 Å². The van der Waals surface area contributed by atoms with Gasteiger partial charge in [0.05, 0.1) is 11.0 Å². The Bertz CT molecular complexity index is 776. The number of β-amino-alcohol motifs (C(OH)–C–C–N with tert-alkyl or cyclic N) is 1. The second-order valence-corrected chi connectivity index (χ2v) is 8.31. The van der Waals surface area contributed by atoms with Gasteiger partial charge in [-0.2, -0.15) is 0 Å². The van der Waals surface area contributed by atoms with Crippen molar-refractivity contribution in [3.63, 3.8) is 0 Å². The SMILES string of the molecule is CS(=O)(=O)c1ccc(C(O)CN2CCCC2c2ccncc2)cc1. The average Bonchev–Trinajstić information content (AvgIpc) is 3.03. The third-order valence-electron chi connectivity index (χ3n) is 4.56. The van der Waals surface area contributed by atoms with E-state index in [0.29, 0.717) is 12.6 Å². The number of aromatic nitrogens is 1. The summed E-state index contributed by atoms with van der Waals surface area (Å²) in [5.74, 6) is 0. The van der Waals surface area contributed by atoms with Crippen LogP contribution in [0.25, 0.3) is 0 Å². The maximum Gasteiger partial charge on any atom is 0.175 e. The molecule has 0 spiro atoms. The molecule has 128 valence electrons. The lowest BCUT2D eigenvalue weighted by Gasteiger charge is -2.27. The van der Waals surface area contributed by atoms with Crippen molar-refractivity contribution in [2.75, 3.05) is 19.3 Å². The lowest BCUT2D eigenvalue weighted by Crippen LogP contribution is -2.28. The molecule has 3 rings (SSSR count). The molecule has 0 saturated carbocycles. The third-order valence-corrected chi connectivity index (χ3v) is 5.68. The Morgan fingerprint density at radius 2 is 1.88 bits per heavy atom. The van der Waals surface area contributed by atoms with E-state index in [2.05, 4.69) is 9.88 Å². The lowest BCUT2D eigenvalue weighted by atomic mass is 10.0. The third kappa shape index (κ3) is 3.83. The highest BCUT2D eigenvalue weighted by Crippen LogP contribution is 2.33. The maximum atomic E-state index is 11.5. The van der Waals surface area contributed by atoms with Gasteiger partial charge in [-0.25, -0.2) is 8.42 Å². The first-order valence-electron chi connectivity index (χ1n) is 8.07. The van der Waals surface area contributed by atoms with Crippen LogP contribution in [0.15, 0.2) is 53.7 Å². The molecule has 24 heavy (non-hydrogen) atoms. The van der Waals surface area contributed by atoms with Crippen LogP contribution in [0.3, 0.4) is 0 Å². The minimum atomic E-state index is -3.21. The van der Waals surface area contributed by atoms with Gasteiger partial charge in [0.25, 0.3) is 0 Å². The summed E-state index contributed by atoms with van der Waals surface area (Å²) < 4.78 is 23.0. The molecule has 2 unspecified atom stereocenters. The Kier molecular flexibility index (Phi) is 4.99. The van der Waals surface area contributed by atoms with E-state index in [1.54, 1.807) is 36.7 Å². The van der Waals surface area contributed by atoms with E-state index in [1.165, 1.54) is 11.8 Å². The molecule has 0 radical (unpaired) electrons. The van der Waals surface area contributed by atoms with Crippen LogP contribution >= 0.6 is 0 Å². The Labute approximate surface area is 142 Å². The summed E-state index contributed by atoms with van der Waals surface area (Å²) in [6.07, 6.45) is 6.32. The molecule has 1 saturated heterocycles. The highest BCUT2D eigenvalue weighted by atomic mass is 32.2. The van der Waals surface area contributed by atoms with Gasteiger partial charge >= 0.3 is 0 Å². The minimum absolute atomic E-state index is 0.272. The van der Waals surface area contributed by atoms with E-state index < -0.39 is 15.9 Å². The Morgan fingerprint density at radius 3 is 2.50 bits per heavy atom. The van der Waals surface area contributed by atoms with Crippen LogP contribution in [0.1, 0.15) is 36.1 Å². The number of nitrogens with zero attached hydrogens (tertiary/aromatic N) is 2. The van der Waals surface area contributed by atoms with Gasteiger partial charge in [0, 0.05) is 31.2 Å². The highest BCUT2D eigenvalue weighted by molar-refractivity contribution is 7.90. The lowest BCUT2D eigenvalue weighted by molar-refractivity contribution is 0.106. The molecule has 1 aliphatic rings. The summed E-state index contributed by atoms with van der Waals surface area (Å²) in [7, 11) is -3.21. The zero-order valence-electron chi connectivity index (χ0n) is 13.7. The number of benzene rings is 1. The molecular weight excluding hydrogens is 324 g/mol. The van der Waals surface area contributed by atoms with E-state index in [9.17, 15) is 13.5 Å². The number of hydrogen-bond donors (Lipinski definition) is 1. The second kappa shape index (κ2) is 7.01. The number of sulfone groups is 1. The molecule has 0 amide bonds. The van der Waals surface area contributed by atoms with Crippen LogP contribution in [0, 0.1) is 0 Å². The van der Waals surface area contributed by atoms with E-state index in [-0.39, 0.29) is 4.90 Å². The van der Waals surface area contributed by atoms with Crippen molar-refractivity contribution in [3.05, 3.63) is 59.9 Å². The number of rotatable bonds is 5. The standard InChI is InChI=1S/C18H22N2O3S/c1-24(22,23)16-6-4-15(5-7-16)18(21)13-20-12-2-3-17(20)14-8-10-19-11-9-14/h4-11,17-18,21H,2-3,12-13H2,1H3. The molecule has 1 aliphatic heterocycles. The monoisotopic (exact) mass is 346 g/mol. The Hall–Kier alpha value is -1.76. The topological polar surface area (TPSA) is 70.5 Å². The summed E-state index contributed by atoms with van der Waals surface area (Å²) in [6.45, 7) is 1.48. The zero-order valence-corrected chi connectivity index (χ0v) is 14.5. The number of likely N-dealkylation sites (tertiary alicyclic amines) is 1. The van der Waals surface area contributed by atoms with Crippen molar-refractivity contribution < 1.29 is 13.5 Å². The van der Waals surface area contributed by atoms with Crippen LogP contribution in [0.4, 0.5) is 0 Å². The van der Waals surface area contributed by atoms with Crippen molar-refractivity contribution in [1.82, 2.24) is 9.88 Å². The first-order chi connectivity index (χ1) is 11.4.